The standard InChI is InChI=1S/C28H24N4O3/c1-19-11-12-24(20(2)16-19)35-27-23(28(34)32-15-7-6-10-25(32)31-27)17-22(18-29)26(33)30-14-13-21-8-4-3-5-9-21/h3-12,15-17H,13-14H2,1-2H3,(H,30,33). The van der Waals surface area contributed by atoms with Gasteiger partial charge in [0.15, 0.2) is 0 Å². The predicted molar refractivity (Wildman–Crippen MR) is 134 cm³/mol. The molecule has 0 aliphatic heterocycles. The van der Waals surface area contributed by atoms with E-state index in [1.54, 1.807) is 30.5 Å². The van der Waals surface area contributed by atoms with Crippen LogP contribution in [0.3, 0.4) is 0 Å². The number of benzene rings is 2. The fourth-order valence-electron chi connectivity index (χ4n) is 3.65. The lowest BCUT2D eigenvalue weighted by atomic mass is 10.1. The Morgan fingerprint density at radius 3 is 2.63 bits per heavy atom. The fraction of sp³-hybridized carbons (Fsp3) is 0.143. The average molecular weight is 465 g/mol. The summed E-state index contributed by atoms with van der Waals surface area (Å²) >= 11 is 0. The number of pyridine rings is 1. The Labute approximate surface area is 203 Å². The molecule has 2 heterocycles. The van der Waals surface area contributed by atoms with Gasteiger partial charge in [0.25, 0.3) is 11.5 Å². The molecule has 174 valence electrons. The molecule has 0 saturated carbocycles. The lowest BCUT2D eigenvalue weighted by molar-refractivity contribution is -0.117. The second-order valence-corrected chi connectivity index (χ2v) is 8.10. The van der Waals surface area contributed by atoms with Crippen molar-refractivity contribution in [1.82, 2.24) is 14.7 Å². The molecule has 7 nitrogen and oxygen atoms in total. The van der Waals surface area contributed by atoms with Gasteiger partial charge in [-0.3, -0.25) is 14.0 Å². The Balaban J connectivity index is 1.69. The van der Waals surface area contributed by atoms with Gasteiger partial charge >= 0.3 is 0 Å². The van der Waals surface area contributed by atoms with Crippen LogP contribution in [0, 0.1) is 25.2 Å². The number of aromatic nitrogens is 2. The first kappa shape index (κ1) is 23.5. The van der Waals surface area contributed by atoms with Crippen molar-refractivity contribution in [3.8, 4) is 17.7 Å². The maximum atomic E-state index is 13.3. The second-order valence-electron chi connectivity index (χ2n) is 8.10. The number of carbonyl (C=O) groups excluding carboxylic acids is 1. The summed E-state index contributed by atoms with van der Waals surface area (Å²) in [5, 5.41) is 12.4. The summed E-state index contributed by atoms with van der Waals surface area (Å²) in [5.41, 5.74) is 2.76. The maximum Gasteiger partial charge on any atom is 0.269 e. The van der Waals surface area contributed by atoms with E-state index in [0.29, 0.717) is 24.4 Å². The molecule has 0 radical (unpaired) electrons. The van der Waals surface area contributed by atoms with E-state index >= 15 is 0 Å². The molecule has 0 unspecified atom stereocenters. The van der Waals surface area contributed by atoms with Crippen molar-refractivity contribution in [2.45, 2.75) is 20.3 Å². The van der Waals surface area contributed by atoms with Crippen molar-refractivity contribution < 1.29 is 9.53 Å². The number of nitrogens with one attached hydrogen (secondary N) is 1. The van der Waals surface area contributed by atoms with E-state index in [0.717, 1.165) is 16.7 Å². The predicted octanol–water partition coefficient (Wildman–Crippen LogP) is 4.37. The Hall–Kier alpha value is -4.70. The van der Waals surface area contributed by atoms with E-state index in [4.69, 9.17) is 4.74 Å². The average Bonchev–Trinajstić information content (AvgIpc) is 2.86. The molecule has 0 aliphatic rings. The highest BCUT2D eigenvalue weighted by atomic mass is 16.5. The molecule has 2 aromatic heterocycles. The number of nitrogens with zero attached hydrogens (tertiary/aromatic N) is 3. The van der Waals surface area contributed by atoms with Crippen LogP contribution in [0.4, 0.5) is 0 Å². The van der Waals surface area contributed by atoms with Gasteiger partial charge in [-0.1, -0.05) is 54.1 Å². The topological polar surface area (TPSA) is 96.5 Å². The number of nitriles is 1. The first-order valence-corrected chi connectivity index (χ1v) is 11.2. The molecule has 4 rings (SSSR count). The zero-order chi connectivity index (χ0) is 24.8. The summed E-state index contributed by atoms with van der Waals surface area (Å²) in [5.74, 6) is -0.0142. The van der Waals surface area contributed by atoms with Gasteiger partial charge in [-0.25, -0.2) is 0 Å². The van der Waals surface area contributed by atoms with Gasteiger partial charge in [0, 0.05) is 12.7 Å². The van der Waals surface area contributed by atoms with E-state index in [2.05, 4.69) is 10.3 Å². The number of aryl methyl sites for hydroxylation is 2. The molecule has 4 aromatic rings. The fourth-order valence-corrected chi connectivity index (χ4v) is 3.65. The summed E-state index contributed by atoms with van der Waals surface area (Å²) in [7, 11) is 0. The van der Waals surface area contributed by atoms with Crippen LogP contribution in [-0.2, 0) is 11.2 Å². The Morgan fingerprint density at radius 2 is 1.89 bits per heavy atom. The number of amides is 1. The summed E-state index contributed by atoms with van der Waals surface area (Å²) in [6.07, 6.45) is 3.44. The van der Waals surface area contributed by atoms with Crippen molar-refractivity contribution in [3.63, 3.8) is 0 Å². The van der Waals surface area contributed by atoms with Crippen molar-refractivity contribution in [1.29, 1.82) is 5.26 Å². The van der Waals surface area contributed by atoms with Gasteiger partial charge in [-0.05, 0) is 55.7 Å². The van der Waals surface area contributed by atoms with Gasteiger partial charge in [0.2, 0.25) is 5.88 Å². The van der Waals surface area contributed by atoms with Crippen LogP contribution in [0.15, 0.2) is 83.3 Å². The second kappa shape index (κ2) is 10.5. The maximum absolute atomic E-state index is 13.3. The van der Waals surface area contributed by atoms with Crippen molar-refractivity contribution in [2.75, 3.05) is 6.54 Å². The highest BCUT2D eigenvalue weighted by molar-refractivity contribution is 6.01. The molecule has 1 amide bonds. The zero-order valence-corrected chi connectivity index (χ0v) is 19.5. The number of hydrogen-bond acceptors (Lipinski definition) is 5. The minimum Gasteiger partial charge on any atom is -0.438 e. The third-order valence-electron chi connectivity index (χ3n) is 5.47. The normalized spacial score (nSPS) is 11.2. The van der Waals surface area contributed by atoms with Crippen molar-refractivity contribution in [2.24, 2.45) is 0 Å². The molecular weight excluding hydrogens is 440 g/mol. The van der Waals surface area contributed by atoms with Gasteiger partial charge in [0.1, 0.15) is 28.6 Å². The van der Waals surface area contributed by atoms with Crippen LogP contribution in [0.5, 0.6) is 11.6 Å². The Morgan fingerprint density at radius 1 is 1.11 bits per heavy atom. The van der Waals surface area contributed by atoms with Crippen LogP contribution in [0.1, 0.15) is 22.3 Å². The van der Waals surface area contributed by atoms with Crippen LogP contribution >= 0.6 is 0 Å². The Kier molecular flexibility index (Phi) is 7.03. The number of rotatable bonds is 7. The molecule has 7 heteroatoms. The monoisotopic (exact) mass is 464 g/mol. The summed E-state index contributed by atoms with van der Waals surface area (Å²) < 4.78 is 7.39. The van der Waals surface area contributed by atoms with Gasteiger partial charge in [-0.2, -0.15) is 10.2 Å². The highest BCUT2D eigenvalue weighted by Crippen LogP contribution is 2.27. The number of fused-ring (bicyclic) bond motifs is 1. The van der Waals surface area contributed by atoms with Crippen molar-refractivity contribution >= 4 is 17.6 Å². The van der Waals surface area contributed by atoms with E-state index < -0.39 is 11.5 Å². The summed E-state index contributed by atoms with van der Waals surface area (Å²) in [4.78, 5) is 30.5. The van der Waals surface area contributed by atoms with E-state index in [-0.39, 0.29) is 17.0 Å². The van der Waals surface area contributed by atoms with Crippen LogP contribution in [0.25, 0.3) is 11.7 Å². The molecule has 0 atom stereocenters. The largest absolute Gasteiger partial charge is 0.438 e. The summed E-state index contributed by atoms with van der Waals surface area (Å²) in [6, 6.07) is 22.4. The number of ether oxygens (including phenoxy) is 1. The van der Waals surface area contributed by atoms with Crippen LogP contribution in [0.2, 0.25) is 0 Å². The third-order valence-corrected chi connectivity index (χ3v) is 5.47. The summed E-state index contributed by atoms with van der Waals surface area (Å²) in [6.45, 7) is 4.22. The van der Waals surface area contributed by atoms with E-state index in [1.807, 2.05) is 62.4 Å². The SMILES string of the molecule is Cc1ccc(Oc2nc3ccccn3c(=O)c2C=C(C#N)C(=O)NCCc2ccccc2)c(C)c1. The molecule has 2 aromatic carbocycles. The molecule has 0 aliphatic carbocycles. The van der Waals surface area contributed by atoms with E-state index in [9.17, 15) is 14.9 Å². The van der Waals surface area contributed by atoms with Crippen molar-refractivity contribution in [3.05, 3.63) is 111 Å². The number of carbonyl (C=O) groups is 1. The molecule has 0 fully saturated rings. The van der Waals surface area contributed by atoms with Gasteiger partial charge in [-0.15, -0.1) is 0 Å². The molecule has 35 heavy (non-hydrogen) atoms. The first-order valence-electron chi connectivity index (χ1n) is 11.2. The lowest BCUT2D eigenvalue weighted by Crippen LogP contribution is -2.27. The quantitative estimate of drug-likeness (QED) is 0.324. The Bertz CT molecular complexity index is 1520. The minimum absolute atomic E-state index is 0.0171. The lowest BCUT2D eigenvalue weighted by Gasteiger charge is -2.12. The number of hydrogen-bond donors (Lipinski definition) is 1. The first-order chi connectivity index (χ1) is 17.0. The minimum atomic E-state index is -0.571. The molecule has 0 saturated heterocycles. The highest BCUT2D eigenvalue weighted by Gasteiger charge is 2.18. The smallest absolute Gasteiger partial charge is 0.269 e. The van der Waals surface area contributed by atoms with Gasteiger partial charge < -0.3 is 10.1 Å². The molecule has 1 N–H and O–H groups in total. The third kappa shape index (κ3) is 5.45. The zero-order valence-electron chi connectivity index (χ0n) is 19.5. The van der Waals surface area contributed by atoms with Gasteiger partial charge in [0.05, 0.1) is 0 Å². The van der Waals surface area contributed by atoms with Crippen LogP contribution in [-0.4, -0.2) is 21.8 Å². The van der Waals surface area contributed by atoms with Crippen LogP contribution < -0.4 is 15.6 Å². The molecular formula is C28H24N4O3. The molecule has 0 bridgehead atoms. The molecule has 0 spiro atoms. The van der Waals surface area contributed by atoms with E-state index in [1.165, 1.54) is 10.5 Å².